The van der Waals surface area contributed by atoms with Crippen molar-refractivity contribution in [3.05, 3.63) is 65.2 Å². The average Bonchev–Trinajstić information content (AvgIpc) is 3.21. The van der Waals surface area contributed by atoms with E-state index in [-0.39, 0.29) is 5.75 Å². The van der Waals surface area contributed by atoms with E-state index in [0.717, 1.165) is 28.6 Å². The molecule has 0 aliphatic rings. The van der Waals surface area contributed by atoms with Crippen molar-refractivity contribution < 1.29 is 19.1 Å². The maximum Gasteiger partial charge on any atom is 0.316 e. The van der Waals surface area contributed by atoms with E-state index in [0.29, 0.717) is 10.7 Å². The third kappa shape index (κ3) is 5.51. The van der Waals surface area contributed by atoms with Gasteiger partial charge in [0, 0.05) is 5.56 Å². The van der Waals surface area contributed by atoms with Gasteiger partial charge < -0.3 is 4.74 Å². The molecule has 3 rings (SSSR count). The number of carbonyl (C=O) groups excluding carboxylic acids is 3. The Kier molecular flexibility index (Phi) is 6.91. The summed E-state index contributed by atoms with van der Waals surface area (Å²) in [6.07, 6.45) is 0. The molecule has 30 heavy (non-hydrogen) atoms. The molecular weight excluding hydrogens is 406 g/mol. The van der Waals surface area contributed by atoms with Crippen molar-refractivity contribution in [2.75, 3.05) is 12.4 Å². The molecule has 10 heteroatoms. The first kappa shape index (κ1) is 21.2. The molecule has 0 radical (unpaired) electrons. The second kappa shape index (κ2) is 9.79. The van der Waals surface area contributed by atoms with Crippen molar-refractivity contribution in [2.24, 2.45) is 0 Å². The van der Waals surface area contributed by atoms with Crippen LogP contribution in [-0.4, -0.2) is 50.4 Å². The molecule has 1 N–H and O–H groups in total. The molecule has 154 valence electrons. The van der Waals surface area contributed by atoms with Crippen LogP contribution in [0.1, 0.15) is 21.5 Å². The van der Waals surface area contributed by atoms with Crippen LogP contribution in [0.15, 0.2) is 53.7 Å². The Bertz CT molecular complexity index is 1070. The van der Waals surface area contributed by atoms with Gasteiger partial charge in [-0.25, -0.2) is 0 Å². The number of benzene rings is 2. The number of aromatic nitrogens is 4. The summed E-state index contributed by atoms with van der Waals surface area (Å²) in [6, 6.07) is 14.2. The SMILES string of the molecule is Cc1ccc(C)c(-n2nnnc2SCC(=O)OCC(=O)NC(=O)c2ccccc2)c1. The van der Waals surface area contributed by atoms with E-state index in [1.54, 1.807) is 35.0 Å². The van der Waals surface area contributed by atoms with Crippen LogP contribution in [0.5, 0.6) is 0 Å². The number of carbonyl (C=O) groups is 3. The third-order valence-electron chi connectivity index (χ3n) is 4.01. The van der Waals surface area contributed by atoms with Crippen LogP contribution < -0.4 is 5.32 Å². The smallest absolute Gasteiger partial charge is 0.316 e. The van der Waals surface area contributed by atoms with E-state index in [1.165, 1.54) is 0 Å². The fourth-order valence-corrected chi connectivity index (χ4v) is 3.18. The van der Waals surface area contributed by atoms with Crippen LogP contribution in [0, 0.1) is 13.8 Å². The topological polar surface area (TPSA) is 116 Å². The Morgan fingerprint density at radius 1 is 1.10 bits per heavy atom. The zero-order valence-electron chi connectivity index (χ0n) is 16.4. The van der Waals surface area contributed by atoms with E-state index in [4.69, 9.17) is 4.74 Å². The molecule has 0 atom stereocenters. The molecule has 1 heterocycles. The van der Waals surface area contributed by atoms with Crippen molar-refractivity contribution in [3.63, 3.8) is 0 Å². The normalized spacial score (nSPS) is 10.5. The molecule has 0 bridgehead atoms. The molecular formula is C20H19N5O4S. The fraction of sp³-hybridized carbons (Fsp3) is 0.200. The monoisotopic (exact) mass is 425 g/mol. The highest BCUT2D eigenvalue weighted by Crippen LogP contribution is 2.21. The van der Waals surface area contributed by atoms with Crippen molar-refractivity contribution in [1.82, 2.24) is 25.5 Å². The highest BCUT2D eigenvalue weighted by atomic mass is 32.2. The molecule has 0 saturated heterocycles. The van der Waals surface area contributed by atoms with Gasteiger partial charge in [-0.05, 0) is 53.6 Å². The van der Waals surface area contributed by atoms with Crippen LogP contribution in [0.3, 0.4) is 0 Å². The largest absolute Gasteiger partial charge is 0.455 e. The second-order valence-electron chi connectivity index (χ2n) is 6.36. The third-order valence-corrected chi connectivity index (χ3v) is 4.90. The predicted molar refractivity (Wildman–Crippen MR) is 109 cm³/mol. The maximum absolute atomic E-state index is 12.0. The van der Waals surface area contributed by atoms with Gasteiger partial charge in [0.2, 0.25) is 5.16 Å². The number of hydrogen-bond donors (Lipinski definition) is 1. The number of tetrazole rings is 1. The van der Waals surface area contributed by atoms with Gasteiger partial charge in [-0.15, -0.1) is 5.10 Å². The summed E-state index contributed by atoms with van der Waals surface area (Å²) in [5.41, 5.74) is 3.19. The Balaban J connectivity index is 1.50. The first-order valence-electron chi connectivity index (χ1n) is 8.97. The lowest BCUT2D eigenvalue weighted by atomic mass is 10.1. The molecule has 0 aliphatic heterocycles. The standard InChI is InChI=1S/C20H19N5O4S/c1-13-8-9-14(2)16(10-13)25-20(22-23-24-25)30-12-18(27)29-11-17(26)21-19(28)15-6-4-3-5-7-15/h3-10H,11-12H2,1-2H3,(H,21,26,28). The molecule has 2 amide bonds. The number of thioether (sulfide) groups is 1. The minimum atomic E-state index is -0.706. The molecule has 0 aliphatic carbocycles. The number of imide groups is 1. The summed E-state index contributed by atoms with van der Waals surface area (Å²) < 4.78 is 6.47. The molecule has 0 unspecified atom stereocenters. The average molecular weight is 425 g/mol. The summed E-state index contributed by atoms with van der Waals surface area (Å²) in [7, 11) is 0. The minimum Gasteiger partial charge on any atom is -0.455 e. The lowest BCUT2D eigenvalue weighted by Crippen LogP contribution is -2.34. The lowest BCUT2D eigenvalue weighted by molar-refractivity contribution is -0.145. The van der Waals surface area contributed by atoms with Gasteiger partial charge in [0.05, 0.1) is 11.4 Å². The van der Waals surface area contributed by atoms with Crippen LogP contribution in [-0.2, 0) is 14.3 Å². The predicted octanol–water partition coefficient (Wildman–Crippen LogP) is 1.87. The number of hydrogen-bond acceptors (Lipinski definition) is 8. The molecule has 0 fully saturated rings. The van der Waals surface area contributed by atoms with Crippen LogP contribution in [0.2, 0.25) is 0 Å². The van der Waals surface area contributed by atoms with Gasteiger partial charge in [0.25, 0.3) is 11.8 Å². The summed E-state index contributed by atoms with van der Waals surface area (Å²) in [5.74, 6) is -1.98. The first-order chi connectivity index (χ1) is 14.4. The van der Waals surface area contributed by atoms with Crippen molar-refractivity contribution in [2.45, 2.75) is 19.0 Å². The van der Waals surface area contributed by atoms with E-state index in [1.807, 2.05) is 32.0 Å². The highest BCUT2D eigenvalue weighted by molar-refractivity contribution is 7.99. The molecule has 1 aromatic heterocycles. The zero-order valence-corrected chi connectivity index (χ0v) is 17.2. The molecule has 3 aromatic rings. The van der Waals surface area contributed by atoms with E-state index in [9.17, 15) is 14.4 Å². The Morgan fingerprint density at radius 3 is 2.63 bits per heavy atom. The quantitative estimate of drug-likeness (QED) is 0.450. The van der Waals surface area contributed by atoms with Gasteiger partial charge in [-0.1, -0.05) is 42.1 Å². The van der Waals surface area contributed by atoms with Crippen LogP contribution in [0.25, 0.3) is 5.69 Å². The summed E-state index contributed by atoms with van der Waals surface area (Å²) in [4.78, 5) is 35.7. The summed E-state index contributed by atoms with van der Waals surface area (Å²) in [6.45, 7) is 3.35. The minimum absolute atomic E-state index is 0.0921. The summed E-state index contributed by atoms with van der Waals surface area (Å²) in [5, 5.41) is 14.2. The molecule has 2 aromatic carbocycles. The van der Waals surface area contributed by atoms with Crippen molar-refractivity contribution in [1.29, 1.82) is 0 Å². The van der Waals surface area contributed by atoms with Gasteiger partial charge in [-0.3, -0.25) is 19.7 Å². The lowest BCUT2D eigenvalue weighted by Gasteiger charge is -2.08. The number of nitrogens with zero attached hydrogens (tertiary/aromatic N) is 4. The van der Waals surface area contributed by atoms with Gasteiger partial charge in [0.1, 0.15) is 0 Å². The molecule has 9 nitrogen and oxygen atoms in total. The van der Waals surface area contributed by atoms with E-state index in [2.05, 4.69) is 20.8 Å². The number of ether oxygens (including phenoxy) is 1. The maximum atomic E-state index is 12.0. The Morgan fingerprint density at radius 2 is 1.87 bits per heavy atom. The van der Waals surface area contributed by atoms with Crippen molar-refractivity contribution >= 4 is 29.5 Å². The second-order valence-corrected chi connectivity index (χ2v) is 7.30. The first-order valence-corrected chi connectivity index (χ1v) is 9.96. The molecule has 0 spiro atoms. The number of nitrogens with one attached hydrogen (secondary N) is 1. The molecule has 0 saturated carbocycles. The Labute approximate surface area is 176 Å². The number of aryl methyl sites for hydroxylation is 2. The van der Waals surface area contributed by atoms with Gasteiger partial charge >= 0.3 is 5.97 Å². The van der Waals surface area contributed by atoms with E-state index >= 15 is 0 Å². The number of amides is 2. The highest BCUT2D eigenvalue weighted by Gasteiger charge is 2.16. The van der Waals surface area contributed by atoms with Gasteiger partial charge in [0.15, 0.2) is 6.61 Å². The fourth-order valence-electron chi connectivity index (χ4n) is 2.50. The van der Waals surface area contributed by atoms with Crippen LogP contribution >= 0.6 is 11.8 Å². The van der Waals surface area contributed by atoms with Gasteiger partial charge in [-0.2, -0.15) is 4.68 Å². The number of rotatable bonds is 7. The summed E-state index contributed by atoms with van der Waals surface area (Å²) >= 11 is 1.09. The zero-order chi connectivity index (χ0) is 21.5. The van der Waals surface area contributed by atoms with Crippen molar-refractivity contribution in [3.8, 4) is 5.69 Å². The van der Waals surface area contributed by atoms with Crippen LogP contribution in [0.4, 0.5) is 0 Å². The number of esters is 1. The Hall–Kier alpha value is -3.53. The van der Waals surface area contributed by atoms with E-state index < -0.39 is 24.4 Å².